The van der Waals surface area contributed by atoms with Crippen LogP contribution in [0.5, 0.6) is 0 Å². The quantitative estimate of drug-likeness (QED) is 0.729. The zero-order valence-corrected chi connectivity index (χ0v) is 12.1. The van der Waals surface area contributed by atoms with Crippen LogP contribution in [0.15, 0.2) is 4.52 Å². The van der Waals surface area contributed by atoms with E-state index in [4.69, 9.17) is 4.52 Å². The van der Waals surface area contributed by atoms with E-state index in [1.54, 1.807) is 0 Å². The van der Waals surface area contributed by atoms with Crippen LogP contribution in [0.4, 0.5) is 0 Å². The van der Waals surface area contributed by atoms with Crippen LogP contribution in [0.2, 0.25) is 0 Å². The Labute approximate surface area is 110 Å². The van der Waals surface area contributed by atoms with E-state index in [0.717, 1.165) is 38.3 Å². The fourth-order valence-electron chi connectivity index (χ4n) is 1.67. The van der Waals surface area contributed by atoms with E-state index in [1.165, 1.54) is 0 Å². The van der Waals surface area contributed by atoms with Crippen molar-refractivity contribution >= 4 is 0 Å². The van der Waals surface area contributed by atoms with Crippen LogP contribution < -0.4 is 5.32 Å². The molecule has 18 heavy (non-hydrogen) atoms. The highest BCUT2D eigenvalue weighted by molar-refractivity contribution is 4.87. The maximum Gasteiger partial charge on any atom is 0.240 e. The average molecular weight is 254 g/mol. The zero-order valence-electron chi connectivity index (χ0n) is 12.1. The molecule has 1 rings (SSSR count). The molecule has 0 amide bonds. The van der Waals surface area contributed by atoms with Crippen molar-refractivity contribution in [2.24, 2.45) is 0 Å². The second kappa shape index (κ2) is 8.21. The number of rotatable bonds is 9. The number of hydrogen-bond acceptors (Lipinski definition) is 5. The SMILES string of the molecule is CCC(C)NCc1nc(CCN(CC)CC)no1. The summed E-state index contributed by atoms with van der Waals surface area (Å²) in [5.74, 6) is 1.49. The minimum atomic E-state index is 0.482. The second-order valence-corrected chi connectivity index (χ2v) is 4.57. The van der Waals surface area contributed by atoms with Gasteiger partial charge in [0.05, 0.1) is 6.54 Å². The number of hydrogen-bond donors (Lipinski definition) is 1. The summed E-state index contributed by atoms with van der Waals surface area (Å²) in [4.78, 5) is 6.74. The molecule has 0 saturated carbocycles. The van der Waals surface area contributed by atoms with Crippen LogP contribution in [0.1, 0.15) is 45.8 Å². The van der Waals surface area contributed by atoms with Gasteiger partial charge in [0.2, 0.25) is 5.89 Å². The molecule has 0 saturated heterocycles. The zero-order chi connectivity index (χ0) is 13.4. The average Bonchev–Trinajstić information content (AvgIpc) is 2.85. The lowest BCUT2D eigenvalue weighted by Crippen LogP contribution is -2.25. The highest BCUT2D eigenvalue weighted by Gasteiger charge is 2.08. The predicted octanol–water partition coefficient (Wildman–Crippen LogP) is 1.84. The molecule has 104 valence electrons. The molecule has 0 spiro atoms. The molecular formula is C13H26N4O. The number of nitrogens with zero attached hydrogens (tertiary/aromatic N) is 3. The van der Waals surface area contributed by atoms with Gasteiger partial charge in [0.25, 0.3) is 0 Å². The summed E-state index contributed by atoms with van der Waals surface area (Å²) in [6.07, 6.45) is 1.96. The Kier molecular flexibility index (Phi) is 6.90. The minimum Gasteiger partial charge on any atom is -0.338 e. The van der Waals surface area contributed by atoms with Gasteiger partial charge in [-0.2, -0.15) is 4.98 Å². The molecule has 0 aromatic carbocycles. The summed E-state index contributed by atoms with van der Waals surface area (Å²) in [7, 11) is 0. The van der Waals surface area contributed by atoms with Gasteiger partial charge in [-0.25, -0.2) is 0 Å². The minimum absolute atomic E-state index is 0.482. The van der Waals surface area contributed by atoms with Crippen molar-refractivity contribution in [3.05, 3.63) is 11.7 Å². The molecule has 1 unspecified atom stereocenters. The Morgan fingerprint density at radius 3 is 2.61 bits per heavy atom. The third-order valence-electron chi connectivity index (χ3n) is 3.27. The highest BCUT2D eigenvalue weighted by Crippen LogP contribution is 2.01. The number of aromatic nitrogens is 2. The lowest BCUT2D eigenvalue weighted by molar-refractivity contribution is 0.302. The molecule has 1 N–H and O–H groups in total. The summed E-state index contributed by atoms with van der Waals surface area (Å²) in [6.45, 7) is 12.4. The van der Waals surface area contributed by atoms with Crippen LogP contribution in [0.3, 0.4) is 0 Å². The third-order valence-corrected chi connectivity index (χ3v) is 3.27. The van der Waals surface area contributed by atoms with Crippen LogP contribution >= 0.6 is 0 Å². The fraction of sp³-hybridized carbons (Fsp3) is 0.846. The van der Waals surface area contributed by atoms with E-state index >= 15 is 0 Å². The summed E-state index contributed by atoms with van der Waals surface area (Å²) >= 11 is 0. The van der Waals surface area contributed by atoms with E-state index in [2.05, 4.69) is 48.1 Å². The molecule has 0 aliphatic heterocycles. The molecule has 0 aliphatic rings. The van der Waals surface area contributed by atoms with Crippen LogP contribution in [0, 0.1) is 0 Å². The molecular weight excluding hydrogens is 228 g/mol. The molecule has 0 fully saturated rings. The molecule has 1 atom stereocenters. The van der Waals surface area contributed by atoms with Crippen molar-refractivity contribution in [3.8, 4) is 0 Å². The number of likely N-dealkylation sites (N-methyl/N-ethyl adjacent to an activating group) is 1. The monoisotopic (exact) mass is 254 g/mol. The normalized spacial score (nSPS) is 13.2. The van der Waals surface area contributed by atoms with Crippen LogP contribution in [0.25, 0.3) is 0 Å². The van der Waals surface area contributed by atoms with Gasteiger partial charge < -0.3 is 14.7 Å². The predicted molar refractivity (Wildman–Crippen MR) is 72.4 cm³/mol. The first kappa shape index (κ1) is 15.1. The van der Waals surface area contributed by atoms with Gasteiger partial charge in [-0.1, -0.05) is 25.9 Å². The van der Waals surface area contributed by atoms with Crippen LogP contribution in [-0.4, -0.2) is 40.7 Å². The van der Waals surface area contributed by atoms with Crippen molar-refractivity contribution in [3.63, 3.8) is 0 Å². The summed E-state index contributed by atoms with van der Waals surface area (Å²) in [5, 5.41) is 7.35. The van der Waals surface area contributed by atoms with Crippen LogP contribution in [-0.2, 0) is 13.0 Å². The lowest BCUT2D eigenvalue weighted by Gasteiger charge is -2.16. The Morgan fingerprint density at radius 1 is 1.28 bits per heavy atom. The standard InChI is InChI=1S/C13H26N4O/c1-5-11(4)14-10-13-15-12(16-18-13)8-9-17(6-2)7-3/h11,14H,5-10H2,1-4H3. The third kappa shape index (κ3) is 5.14. The van der Waals surface area contributed by atoms with E-state index in [-0.39, 0.29) is 0 Å². The van der Waals surface area contributed by atoms with Gasteiger partial charge in [-0.15, -0.1) is 0 Å². The van der Waals surface area contributed by atoms with Crippen molar-refractivity contribution < 1.29 is 4.52 Å². The fourth-order valence-corrected chi connectivity index (χ4v) is 1.67. The molecule has 5 nitrogen and oxygen atoms in total. The smallest absolute Gasteiger partial charge is 0.240 e. The lowest BCUT2D eigenvalue weighted by atomic mass is 10.3. The van der Waals surface area contributed by atoms with Crippen molar-refractivity contribution in [1.82, 2.24) is 20.4 Å². The molecule has 1 heterocycles. The first-order chi connectivity index (χ1) is 8.69. The summed E-state index contributed by atoms with van der Waals surface area (Å²) in [5.41, 5.74) is 0. The molecule has 5 heteroatoms. The Bertz CT molecular complexity index is 323. The van der Waals surface area contributed by atoms with Gasteiger partial charge in [0, 0.05) is 19.0 Å². The molecule has 0 aliphatic carbocycles. The Morgan fingerprint density at radius 2 is 2.00 bits per heavy atom. The maximum atomic E-state index is 5.22. The van der Waals surface area contributed by atoms with E-state index in [9.17, 15) is 0 Å². The van der Waals surface area contributed by atoms with Gasteiger partial charge in [0.1, 0.15) is 0 Å². The first-order valence-electron chi connectivity index (χ1n) is 6.96. The second-order valence-electron chi connectivity index (χ2n) is 4.57. The first-order valence-corrected chi connectivity index (χ1v) is 6.96. The van der Waals surface area contributed by atoms with Crippen molar-refractivity contribution in [2.45, 2.75) is 53.1 Å². The van der Waals surface area contributed by atoms with Gasteiger partial charge >= 0.3 is 0 Å². The van der Waals surface area contributed by atoms with Crippen molar-refractivity contribution in [1.29, 1.82) is 0 Å². The Balaban J connectivity index is 2.34. The van der Waals surface area contributed by atoms with E-state index in [0.29, 0.717) is 18.5 Å². The van der Waals surface area contributed by atoms with E-state index < -0.39 is 0 Å². The molecule has 0 radical (unpaired) electrons. The maximum absolute atomic E-state index is 5.22. The van der Waals surface area contributed by atoms with Gasteiger partial charge in [-0.05, 0) is 26.4 Å². The Hall–Kier alpha value is -0.940. The van der Waals surface area contributed by atoms with Gasteiger partial charge in [-0.3, -0.25) is 0 Å². The molecule has 1 aromatic rings. The van der Waals surface area contributed by atoms with Gasteiger partial charge in [0.15, 0.2) is 5.82 Å². The number of nitrogens with one attached hydrogen (secondary N) is 1. The highest BCUT2D eigenvalue weighted by atomic mass is 16.5. The molecule has 0 bridgehead atoms. The van der Waals surface area contributed by atoms with E-state index in [1.807, 2.05) is 0 Å². The summed E-state index contributed by atoms with van der Waals surface area (Å²) in [6, 6.07) is 0.482. The van der Waals surface area contributed by atoms with Crippen molar-refractivity contribution in [2.75, 3.05) is 19.6 Å². The summed E-state index contributed by atoms with van der Waals surface area (Å²) < 4.78 is 5.22. The largest absolute Gasteiger partial charge is 0.338 e. The molecule has 1 aromatic heterocycles. The topological polar surface area (TPSA) is 54.2 Å².